The fourth-order valence-corrected chi connectivity index (χ4v) is 4.23. The average Bonchev–Trinajstić information content (AvgIpc) is 2.76. The van der Waals surface area contributed by atoms with Crippen molar-refractivity contribution in [1.82, 2.24) is 5.32 Å². The van der Waals surface area contributed by atoms with E-state index in [9.17, 15) is 9.00 Å². The van der Waals surface area contributed by atoms with Gasteiger partial charge in [-0.2, -0.15) is 0 Å². The molecule has 2 aliphatic rings. The number of carbonyl (C=O) groups excluding carboxylic acids is 1. The number of ether oxygens (including phenoxy) is 1. The quantitative estimate of drug-likeness (QED) is 0.841. The summed E-state index contributed by atoms with van der Waals surface area (Å²) in [7, 11) is -1.10. The predicted molar refractivity (Wildman–Crippen MR) is 71.8 cm³/mol. The minimum atomic E-state index is -1.10. The number of nitrogens with one attached hydrogen (secondary N) is 1. The van der Waals surface area contributed by atoms with Gasteiger partial charge in [-0.15, -0.1) is 0 Å². The summed E-state index contributed by atoms with van der Waals surface area (Å²) in [5.41, 5.74) is 0. The average molecular weight is 273 g/mol. The van der Waals surface area contributed by atoms with E-state index in [0.29, 0.717) is 12.6 Å². The van der Waals surface area contributed by atoms with Crippen molar-refractivity contribution >= 4 is 16.7 Å². The molecular formula is C13H23NO3S. The summed E-state index contributed by atoms with van der Waals surface area (Å²) in [6.45, 7) is 2.61. The van der Waals surface area contributed by atoms with Crippen LogP contribution in [-0.2, 0) is 20.3 Å². The highest BCUT2D eigenvalue weighted by Gasteiger charge is 2.30. The molecular weight excluding hydrogens is 250 g/mol. The van der Waals surface area contributed by atoms with E-state index in [2.05, 4.69) is 5.32 Å². The molecule has 18 heavy (non-hydrogen) atoms. The Morgan fingerprint density at radius 2 is 2.00 bits per heavy atom. The molecule has 1 aliphatic carbocycles. The zero-order valence-electron chi connectivity index (χ0n) is 11.0. The van der Waals surface area contributed by atoms with E-state index < -0.39 is 10.8 Å². The maximum absolute atomic E-state index is 12.1. The molecule has 0 aromatic rings. The molecule has 0 aromatic carbocycles. The van der Waals surface area contributed by atoms with Gasteiger partial charge >= 0.3 is 0 Å². The summed E-state index contributed by atoms with van der Waals surface area (Å²) in [4.78, 5) is 11.8. The van der Waals surface area contributed by atoms with Crippen molar-refractivity contribution in [2.24, 2.45) is 0 Å². The van der Waals surface area contributed by atoms with Crippen LogP contribution in [0.2, 0.25) is 0 Å². The molecule has 5 heteroatoms. The Balaban J connectivity index is 1.74. The van der Waals surface area contributed by atoms with E-state index >= 15 is 0 Å². The summed E-state index contributed by atoms with van der Waals surface area (Å²) in [6.07, 6.45) is 6.64. The van der Waals surface area contributed by atoms with Crippen LogP contribution in [0.15, 0.2) is 0 Å². The second kappa shape index (κ2) is 6.66. The Morgan fingerprint density at radius 1 is 1.28 bits per heavy atom. The van der Waals surface area contributed by atoms with Crippen molar-refractivity contribution in [1.29, 1.82) is 0 Å². The number of rotatable bonds is 4. The van der Waals surface area contributed by atoms with Crippen LogP contribution in [0.25, 0.3) is 0 Å². The minimum absolute atomic E-state index is 0.0216. The van der Waals surface area contributed by atoms with Gasteiger partial charge in [0.25, 0.3) is 0 Å². The lowest BCUT2D eigenvalue weighted by atomic mass is 9.95. The highest BCUT2D eigenvalue weighted by Crippen LogP contribution is 2.19. The van der Waals surface area contributed by atoms with Crippen LogP contribution in [0.1, 0.15) is 45.4 Å². The SMILES string of the molecule is CC1OCCC1S(=O)CC(=O)NC1CCCCC1. The van der Waals surface area contributed by atoms with E-state index in [-0.39, 0.29) is 23.0 Å². The molecule has 2 rings (SSSR count). The Kier molecular flexibility index (Phi) is 5.18. The van der Waals surface area contributed by atoms with Crippen molar-refractivity contribution in [3.8, 4) is 0 Å². The van der Waals surface area contributed by atoms with Crippen LogP contribution >= 0.6 is 0 Å². The summed E-state index contributed by atoms with van der Waals surface area (Å²) >= 11 is 0. The highest BCUT2D eigenvalue weighted by atomic mass is 32.2. The van der Waals surface area contributed by atoms with Gasteiger partial charge in [0.15, 0.2) is 0 Å². The molecule has 1 aliphatic heterocycles. The van der Waals surface area contributed by atoms with E-state index in [0.717, 1.165) is 19.3 Å². The molecule has 1 amide bonds. The topological polar surface area (TPSA) is 55.4 Å². The normalized spacial score (nSPS) is 31.2. The van der Waals surface area contributed by atoms with Gasteiger partial charge in [-0.3, -0.25) is 9.00 Å². The van der Waals surface area contributed by atoms with Crippen molar-refractivity contribution in [3.63, 3.8) is 0 Å². The van der Waals surface area contributed by atoms with E-state index in [1.165, 1.54) is 19.3 Å². The first-order chi connectivity index (χ1) is 8.66. The number of carbonyl (C=O) groups is 1. The first-order valence-corrected chi connectivity index (χ1v) is 8.33. The van der Waals surface area contributed by atoms with Gasteiger partial charge in [-0.05, 0) is 26.2 Å². The highest BCUT2D eigenvalue weighted by molar-refractivity contribution is 7.86. The number of amides is 1. The molecule has 0 aromatic heterocycles. The minimum Gasteiger partial charge on any atom is -0.377 e. The molecule has 0 spiro atoms. The second-order valence-corrected chi connectivity index (χ2v) is 6.99. The van der Waals surface area contributed by atoms with Crippen molar-refractivity contribution < 1.29 is 13.7 Å². The fourth-order valence-electron chi connectivity index (χ4n) is 2.81. The molecule has 4 nitrogen and oxygen atoms in total. The van der Waals surface area contributed by atoms with Gasteiger partial charge in [0, 0.05) is 23.4 Å². The van der Waals surface area contributed by atoms with Crippen molar-refractivity contribution in [3.05, 3.63) is 0 Å². The van der Waals surface area contributed by atoms with Crippen LogP contribution in [0.3, 0.4) is 0 Å². The standard InChI is InChI=1S/C13H23NO3S/c1-10-12(7-8-17-10)18(16)9-13(15)14-11-5-3-2-4-6-11/h10-12H,2-9H2,1H3,(H,14,15). The fraction of sp³-hybridized carbons (Fsp3) is 0.923. The lowest BCUT2D eigenvalue weighted by molar-refractivity contribution is -0.119. The molecule has 1 saturated heterocycles. The molecule has 3 atom stereocenters. The van der Waals surface area contributed by atoms with Crippen LogP contribution in [0.5, 0.6) is 0 Å². The molecule has 0 radical (unpaired) electrons. The van der Waals surface area contributed by atoms with Gasteiger partial charge in [0.1, 0.15) is 5.75 Å². The van der Waals surface area contributed by atoms with E-state index in [4.69, 9.17) is 4.74 Å². The van der Waals surface area contributed by atoms with Gasteiger partial charge < -0.3 is 10.1 Å². The van der Waals surface area contributed by atoms with Crippen molar-refractivity contribution in [2.75, 3.05) is 12.4 Å². The summed E-state index contributed by atoms with van der Waals surface area (Å²) in [5, 5.41) is 3.04. The molecule has 104 valence electrons. The second-order valence-electron chi connectivity index (χ2n) is 5.33. The third kappa shape index (κ3) is 3.79. The first-order valence-electron chi connectivity index (χ1n) is 6.95. The van der Waals surface area contributed by atoms with Gasteiger partial charge in [-0.1, -0.05) is 19.3 Å². The molecule has 0 bridgehead atoms. The summed E-state index contributed by atoms with van der Waals surface area (Å²) in [6, 6.07) is 0.306. The van der Waals surface area contributed by atoms with Crippen LogP contribution < -0.4 is 5.32 Å². The zero-order chi connectivity index (χ0) is 13.0. The number of hydrogen-bond acceptors (Lipinski definition) is 3. The Hall–Kier alpha value is -0.420. The van der Waals surface area contributed by atoms with Crippen molar-refractivity contribution in [2.45, 2.75) is 62.8 Å². The summed E-state index contributed by atoms with van der Waals surface area (Å²) < 4.78 is 17.5. The largest absolute Gasteiger partial charge is 0.377 e. The van der Waals surface area contributed by atoms with Gasteiger partial charge in [0.05, 0.1) is 11.4 Å². The Bertz CT molecular complexity index is 315. The summed E-state index contributed by atoms with van der Waals surface area (Å²) in [5.74, 6) is 0.0776. The predicted octanol–water partition coefficient (Wildman–Crippen LogP) is 1.36. The maximum Gasteiger partial charge on any atom is 0.232 e. The van der Waals surface area contributed by atoms with Gasteiger partial charge in [0.2, 0.25) is 5.91 Å². The third-order valence-electron chi connectivity index (χ3n) is 3.89. The number of hydrogen-bond donors (Lipinski definition) is 1. The van der Waals surface area contributed by atoms with E-state index in [1.54, 1.807) is 0 Å². The molecule has 1 N–H and O–H groups in total. The smallest absolute Gasteiger partial charge is 0.232 e. The maximum atomic E-state index is 12.1. The first kappa shape index (κ1) is 14.0. The lowest BCUT2D eigenvalue weighted by Gasteiger charge is -2.23. The molecule has 1 heterocycles. The van der Waals surface area contributed by atoms with Crippen LogP contribution in [0.4, 0.5) is 0 Å². The Morgan fingerprint density at radius 3 is 2.61 bits per heavy atom. The monoisotopic (exact) mass is 273 g/mol. The van der Waals surface area contributed by atoms with Gasteiger partial charge in [-0.25, -0.2) is 0 Å². The molecule has 1 saturated carbocycles. The molecule has 3 unspecified atom stereocenters. The van der Waals surface area contributed by atoms with E-state index in [1.807, 2.05) is 6.92 Å². The molecule has 2 fully saturated rings. The van der Waals surface area contributed by atoms with Crippen LogP contribution in [-0.4, -0.2) is 39.9 Å². The zero-order valence-corrected chi connectivity index (χ0v) is 11.8. The van der Waals surface area contributed by atoms with Crippen LogP contribution in [0, 0.1) is 0 Å². The lowest BCUT2D eigenvalue weighted by Crippen LogP contribution is -2.40. The third-order valence-corrected chi connectivity index (χ3v) is 5.73. The Labute approximate surface area is 111 Å².